The van der Waals surface area contributed by atoms with E-state index in [4.69, 9.17) is 10.5 Å². The van der Waals surface area contributed by atoms with Crippen LogP contribution in [0.2, 0.25) is 0 Å². The molecule has 14 nitrogen and oxygen atoms in total. The monoisotopic (exact) mass is 551 g/mol. The highest BCUT2D eigenvalue weighted by atomic mass is 32.2. The zero-order valence-electron chi connectivity index (χ0n) is 20.2. The first-order chi connectivity index (χ1) is 18.6. The molecule has 39 heavy (non-hydrogen) atoms. The number of nitrogens with two attached hydrogens (primary N) is 1. The van der Waals surface area contributed by atoms with Gasteiger partial charge in [-0.2, -0.15) is 39.0 Å². The van der Waals surface area contributed by atoms with Gasteiger partial charge in [0.05, 0.1) is 28.6 Å². The Labute approximate surface area is 221 Å². The van der Waals surface area contributed by atoms with E-state index in [0.717, 1.165) is 11.1 Å². The second kappa shape index (κ2) is 11.2. The quantitative estimate of drug-likeness (QED) is 0.198. The van der Waals surface area contributed by atoms with Crippen LogP contribution < -0.4 is 15.5 Å². The van der Waals surface area contributed by atoms with Crippen molar-refractivity contribution in [2.24, 2.45) is 25.6 Å². The summed E-state index contributed by atoms with van der Waals surface area (Å²) in [6.07, 6.45) is 0. The van der Waals surface area contributed by atoms with Gasteiger partial charge in [-0.05, 0) is 55.5 Å². The van der Waals surface area contributed by atoms with Crippen LogP contribution >= 0.6 is 0 Å². The number of benzene rings is 3. The van der Waals surface area contributed by atoms with E-state index in [0.29, 0.717) is 11.4 Å². The zero-order valence-corrected chi connectivity index (χ0v) is 21.1. The maximum absolute atomic E-state index is 13.0. The number of nitrogens with zero attached hydrogens (tertiary/aromatic N) is 6. The minimum atomic E-state index is -4.40. The molecule has 4 N–H and O–H groups in total. The standard InChI is InChI=1S/C24H21N7O7S/c1-2-38-20-13-16(27-26-15-6-4-8-18(12-15)39(35,36)37)9-10-19(20)28-29-21-22(24(33)34)30-31(23(21)32)17-7-3-5-14(25)11-17/h3-13,21H,2,25H2,1H3,(H,33,34)(H,35,36,37). The number of carbonyl (C=O) groups is 2. The lowest BCUT2D eigenvalue weighted by Crippen LogP contribution is -2.33. The topological polar surface area (TPSA) is 209 Å². The Balaban J connectivity index is 1.59. The van der Waals surface area contributed by atoms with Gasteiger partial charge in [0, 0.05) is 11.8 Å². The molecule has 1 atom stereocenters. The molecule has 0 bridgehead atoms. The first-order valence-electron chi connectivity index (χ1n) is 11.2. The number of carbonyl (C=O) groups excluding carboxylic acids is 1. The number of amides is 1. The Morgan fingerprint density at radius 1 is 1.05 bits per heavy atom. The molecule has 15 heteroatoms. The van der Waals surface area contributed by atoms with Crippen molar-refractivity contribution < 1.29 is 32.4 Å². The summed E-state index contributed by atoms with van der Waals surface area (Å²) >= 11 is 0. The average molecular weight is 552 g/mol. The van der Waals surface area contributed by atoms with Crippen molar-refractivity contribution in [3.05, 3.63) is 66.7 Å². The third-order valence-corrected chi connectivity index (χ3v) is 6.01. The lowest BCUT2D eigenvalue weighted by atomic mass is 10.2. The van der Waals surface area contributed by atoms with Crippen molar-refractivity contribution in [1.29, 1.82) is 0 Å². The Hall–Kier alpha value is -5.02. The molecule has 0 aromatic heterocycles. The second-order valence-corrected chi connectivity index (χ2v) is 9.33. The van der Waals surface area contributed by atoms with Crippen LogP contribution in [0, 0.1) is 0 Å². The van der Waals surface area contributed by atoms with Gasteiger partial charge >= 0.3 is 5.97 Å². The van der Waals surface area contributed by atoms with E-state index in [1.54, 1.807) is 25.1 Å². The molecule has 1 aliphatic rings. The Morgan fingerprint density at radius 3 is 2.44 bits per heavy atom. The minimum Gasteiger partial charge on any atom is -0.491 e. The Kier molecular flexibility index (Phi) is 7.73. The van der Waals surface area contributed by atoms with Gasteiger partial charge in [-0.25, -0.2) is 4.79 Å². The number of rotatable bonds is 9. The molecule has 0 spiro atoms. The van der Waals surface area contributed by atoms with E-state index in [2.05, 4.69) is 25.6 Å². The summed E-state index contributed by atoms with van der Waals surface area (Å²) in [6.45, 7) is 1.97. The van der Waals surface area contributed by atoms with E-state index in [1.165, 1.54) is 42.5 Å². The highest BCUT2D eigenvalue weighted by Crippen LogP contribution is 2.34. The Morgan fingerprint density at radius 2 is 1.77 bits per heavy atom. The first kappa shape index (κ1) is 27.0. The van der Waals surface area contributed by atoms with Gasteiger partial charge in [0.25, 0.3) is 16.0 Å². The summed E-state index contributed by atoms with van der Waals surface area (Å²) in [4.78, 5) is 24.4. The number of hydrazone groups is 1. The highest BCUT2D eigenvalue weighted by molar-refractivity contribution is 7.85. The van der Waals surface area contributed by atoms with Crippen LogP contribution in [-0.2, 0) is 19.7 Å². The maximum Gasteiger partial charge on any atom is 0.355 e. The molecule has 200 valence electrons. The van der Waals surface area contributed by atoms with Gasteiger partial charge in [-0.1, -0.05) is 12.1 Å². The number of hydrogen-bond acceptors (Lipinski definition) is 11. The van der Waals surface area contributed by atoms with E-state index in [9.17, 15) is 27.7 Å². The normalized spacial score (nSPS) is 15.7. The Bertz CT molecular complexity index is 1640. The molecule has 4 rings (SSSR count). The zero-order chi connectivity index (χ0) is 28.2. The molecule has 1 amide bonds. The van der Waals surface area contributed by atoms with E-state index < -0.39 is 33.7 Å². The van der Waals surface area contributed by atoms with E-state index in [1.807, 2.05) is 0 Å². The molecule has 1 heterocycles. The number of nitrogen functional groups attached to an aromatic ring is 1. The van der Waals surface area contributed by atoms with Crippen LogP contribution in [0.4, 0.5) is 28.4 Å². The summed E-state index contributed by atoms with van der Waals surface area (Å²) in [5.74, 6) is -1.94. The number of anilines is 2. The summed E-state index contributed by atoms with van der Waals surface area (Å²) in [5, 5.41) is 30.4. The molecule has 3 aromatic rings. The summed E-state index contributed by atoms with van der Waals surface area (Å²) in [5.41, 5.74) is 6.57. The predicted octanol–water partition coefficient (Wildman–Crippen LogP) is 4.27. The van der Waals surface area contributed by atoms with Gasteiger partial charge in [-0.3, -0.25) is 9.35 Å². The summed E-state index contributed by atoms with van der Waals surface area (Å²) < 4.78 is 37.4. The summed E-state index contributed by atoms with van der Waals surface area (Å²) in [7, 11) is -4.40. The van der Waals surface area contributed by atoms with Crippen LogP contribution in [0.3, 0.4) is 0 Å². The summed E-state index contributed by atoms with van der Waals surface area (Å²) in [6, 6.07) is 14.5. The van der Waals surface area contributed by atoms with E-state index >= 15 is 0 Å². The fraction of sp³-hybridized carbons (Fsp3) is 0.125. The number of aliphatic carboxylic acids is 1. The van der Waals surface area contributed by atoms with Crippen molar-refractivity contribution in [2.45, 2.75) is 17.9 Å². The number of azo groups is 2. The lowest BCUT2D eigenvalue weighted by Gasteiger charge is -2.12. The number of carboxylic acid groups (broad SMARTS) is 1. The van der Waals surface area contributed by atoms with Crippen LogP contribution in [-0.4, -0.2) is 48.3 Å². The SMILES string of the molecule is CCOc1cc(N=Nc2cccc(S(=O)(=O)O)c2)ccc1N=NC1C(=O)N(c2cccc(N)c2)N=C1C(=O)O. The minimum absolute atomic E-state index is 0.178. The molecule has 1 unspecified atom stereocenters. The average Bonchev–Trinajstić information content (AvgIpc) is 3.23. The number of hydrogen-bond donors (Lipinski definition) is 3. The van der Waals surface area contributed by atoms with Gasteiger partial charge in [0.2, 0.25) is 6.04 Å². The van der Waals surface area contributed by atoms with Gasteiger partial charge in [-0.15, -0.1) is 0 Å². The van der Waals surface area contributed by atoms with Crippen LogP contribution in [0.25, 0.3) is 0 Å². The molecule has 0 saturated carbocycles. The fourth-order valence-corrected chi connectivity index (χ4v) is 3.93. The molecule has 3 aromatic carbocycles. The van der Waals surface area contributed by atoms with Gasteiger partial charge in [0.1, 0.15) is 11.4 Å². The van der Waals surface area contributed by atoms with Crippen molar-refractivity contribution >= 4 is 56.1 Å². The molecule has 0 saturated heterocycles. The van der Waals surface area contributed by atoms with Gasteiger partial charge < -0.3 is 15.6 Å². The molecular formula is C24H21N7O7S. The number of ether oxygens (including phenoxy) is 1. The molecule has 0 fully saturated rings. The van der Waals surface area contributed by atoms with Crippen molar-refractivity contribution in [3.63, 3.8) is 0 Å². The smallest absolute Gasteiger partial charge is 0.355 e. The number of carboxylic acids is 1. The predicted molar refractivity (Wildman–Crippen MR) is 140 cm³/mol. The van der Waals surface area contributed by atoms with Crippen molar-refractivity contribution in [1.82, 2.24) is 0 Å². The highest BCUT2D eigenvalue weighted by Gasteiger charge is 2.41. The molecule has 0 aliphatic carbocycles. The lowest BCUT2D eigenvalue weighted by molar-refractivity contribution is -0.130. The van der Waals surface area contributed by atoms with Crippen LogP contribution in [0.5, 0.6) is 5.75 Å². The first-order valence-corrected chi connectivity index (χ1v) is 12.7. The van der Waals surface area contributed by atoms with Crippen molar-refractivity contribution in [2.75, 3.05) is 17.3 Å². The molecule has 1 aliphatic heterocycles. The van der Waals surface area contributed by atoms with E-state index in [-0.39, 0.29) is 34.3 Å². The van der Waals surface area contributed by atoms with Crippen LogP contribution in [0.1, 0.15) is 6.92 Å². The molecular weight excluding hydrogens is 530 g/mol. The maximum atomic E-state index is 13.0. The largest absolute Gasteiger partial charge is 0.491 e. The van der Waals surface area contributed by atoms with Gasteiger partial charge in [0.15, 0.2) is 5.71 Å². The fourth-order valence-electron chi connectivity index (χ4n) is 3.41. The molecule has 0 radical (unpaired) electrons. The second-order valence-electron chi connectivity index (χ2n) is 7.91. The third-order valence-electron chi connectivity index (χ3n) is 5.16. The third kappa shape index (κ3) is 6.28. The van der Waals surface area contributed by atoms with Crippen molar-refractivity contribution in [3.8, 4) is 5.75 Å². The van der Waals surface area contributed by atoms with Crippen LogP contribution in [0.15, 0.2) is 97.2 Å².